The number of nitrogens with zero attached hydrogens (tertiary/aromatic N) is 1. The standard InChI is InChI=1S/C17H19NO3/c1-13(2)15-5-9-17(10-6-15)21-12-11-14-3-7-16(8-4-14)18(19)20/h3-10,13H,11-12H2,1-2H3. The minimum Gasteiger partial charge on any atom is -0.493 e. The summed E-state index contributed by atoms with van der Waals surface area (Å²) in [6.07, 6.45) is 0.726. The lowest BCUT2D eigenvalue weighted by atomic mass is 10.0. The van der Waals surface area contributed by atoms with Crippen LogP contribution in [0, 0.1) is 10.1 Å². The van der Waals surface area contributed by atoms with Crippen molar-refractivity contribution in [2.75, 3.05) is 6.61 Å². The van der Waals surface area contributed by atoms with Crippen LogP contribution < -0.4 is 4.74 Å². The van der Waals surface area contributed by atoms with Gasteiger partial charge in [-0.2, -0.15) is 0 Å². The summed E-state index contributed by atoms with van der Waals surface area (Å²) in [5.41, 5.74) is 2.43. The van der Waals surface area contributed by atoms with Gasteiger partial charge in [0.25, 0.3) is 5.69 Å². The molecule has 0 saturated heterocycles. The molecule has 21 heavy (non-hydrogen) atoms. The maximum absolute atomic E-state index is 10.6. The number of hydrogen-bond donors (Lipinski definition) is 0. The lowest BCUT2D eigenvalue weighted by Crippen LogP contribution is -2.01. The predicted molar refractivity (Wildman–Crippen MR) is 82.8 cm³/mol. The molecule has 110 valence electrons. The normalized spacial score (nSPS) is 10.6. The van der Waals surface area contributed by atoms with Gasteiger partial charge in [0.15, 0.2) is 0 Å². The summed E-state index contributed by atoms with van der Waals surface area (Å²) in [4.78, 5) is 10.2. The first-order chi connectivity index (χ1) is 10.1. The summed E-state index contributed by atoms with van der Waals surface area (Å²) in [7, 11) is 0. The molecular formula is C17H19NO3. The molecule has 0 aromatic heterocycles. The zero-order valence-electron chi connectivity index (χ0n) is 12.3. The Bertz CT molecular complexity index is 588. The average Bonchev–Trinajstić information content (AvgIpc) is 2.48. The molecule has 2 aromatic carbocycles. The van der Waals surface area contributed by atoms with Crippen molar-refractivity contribution in [3.05, 3.63) is 69.8 Å². The summed E-state index contributed by atoms with van der Waals surface area (Å²) in [6.45, 7) is 4.87. The third-order valence-corrected chi connectivity index (χ3v) is 3.35. The van der Waals surface area contributed by atoms with Gasteiger partial charge in [0.2, 0.25) is 0 Å². The first-order valence-electron chi connectivity index (χ1n) is 7.02. The second kappa shape index (κ2) is 6.88. The maximum atomic E-state index is 10.6. The molecule has 0 aliphatic rings. The summed E-state index contributed by atoms with van der Waals surface area (Å²) in [6, 6.07) is 14.7. The number of nitro groups is 1. The molecular weight excluding hydrogens is 266 g/mol. The monoisotopic (exact) mass is 285 g/mol. The highest BCUT2D eigenvalue weighted by Crippen LogP contribution is 2.19. The Morgan fingerprint density at radius 2 is 1.67 bits per heavy atom. The Hall–Kier alpha value is -2.36. The highest BCUT2D eigenvalue weighted by molar-refractivity contribution is 5.33. The van der Waals surface area contributed by atoms with Crippen molar-refractivity contribution in [1.82, 2.24) is 0 Å². The van der Waals surface area contributed by atoms with Crippen molar-refractivity contribution in [2.45, 2.75) is 26.2 Å². The van der Waals surface area contributed by atoms with E-state index in [9.17, 15) is 10.1 Å². The van der Waals surface area contributed by atoms with Gasteiger partial charge in [0, 0.05) is 18.6 Å². The van der Waals surface area contributed by atoms with E-state index in [4.69, 9.17) is 4.74 Å². The lowest BCUT2D eigenvalue weighted by molar-refractivity contribution is -0.384. The number of ether oxygens (including phenoxy) is 1. The zero-order valence-corrected chi connectivity index (χ0v) is 12.3. The topological polar surface area (TPSA) is 52.4 Å². The Morgan fingerprint density at radius 1 is 1.05 bits per heavy atom. The van der Waals surface area contributed by atoms with Crippen molar-refractivity contribution in [3.63, 3.8) is 0 Å². The zero-order chi connectivity index (χ0) is 15.2. The Labute approximate surface area is 124 Å². The molecule has 0 aliphatic carbocycles. The molecule has 0 heterocycles. The molecule has 0 radical (unpaired) electrons. The minimum atomic E-state index is -0.392. The molecule has 2 aromatic rings. The van der Waals surface area contributed by atoms with Crippen molar-refractivity contribution in [1.29, 1.82) is 0 Å². The van der Waals surface area contributed by atoms with Gasteiger partial charge in [-0.3, -0.25) is 10.1 Å². The van der Waals surface area contributed by atoms with Crippen LogP contribution in [0.3, 0.4) is 0 Å². The second-order valence-electron chi connectivity index (χ2n) is 5.25. The highest BCUT2D eigenvalue weighted by atomic mass is 16.6. The average molecular weight is 285 g/mol. The van der Waals surface area contributed by atoms with Crippen LogP contribution in [0.5, 0.6) is 5.75 Å². The van der Waals surface area contributed by atoms with E-state index >= 15 is 0 Å². The SMILES string of the molecule is CC(C)c1ccc(OCCc2ccc([N+](=O)[O-])cc2)cc1. The molecule has 0 saturated carbocycles. The number of non-ortho nitro benzene ring substituents is 1. The third-order valence-electron chi connectivity index (χ3n) is 3.35. The van der Waals surface area contributed by atoms with Gasteiger partial charge in [-0.05, 0) is 29.2 Å². The van der Waals surface area contributed by atoms with Gasteiger partial charge in [-0.25, -0.2) is 0 Å². The molecule has 0 unspecified atom stereocenters. The Morgan fingerprint density at radius 3 is 2.19 bits per heavy atom. The summed E-state index contributed by atoms with van der Waals surface area (Å²) < 4.78 is 5.69. The molecule has 0 fully saturated rings. The second-order valence-corrected chi connectivity index (χ2v) is 5.25. The van der Waals surface area contributed by atoms with Crippen LogP contribution in [0.1, 0.15) is 30.9 Å². The van der Waals surface area contributed by atoms with E-state index < -0.39 is 4.92 Å². The van der Waals surface area contributed by atoms with Gasteiger partial charge < -0.3 is 4.74 Å². The summed E-state index contributed by atoms with van der Waals surface area (Å²) in [5.74, 6) is 1.36. The van der Waals surface area contributed by atoms with E-state index in [0.717, 1.165) is 17.7 Å². The summed E-state index contributed by atoms with van der Waals surface area (Å²) in [5, 5.41) is 10.6. The van der Waals surface area contributed by atoms with Crippen LogP contribution >= 0.6 is 0 Å². The summed E-state index contributed by atoms with van der Waals surface area (Å²) >= 11 is 0. The first kappa shape index (κ1) is 15.0. The smallest absolute Gasteiger partial charge is 0.269 e. The minimum absolute atomic E-state index is 0.115. The predicted octanol–water partition coefficient (Wildman–Crippen LogP) is 4.34. The third kappa shape index (κ3) is 4.31. The van der Waals surface area contributed by atoms with Crippen molar-refractivity contribution < 1.29 is 9.66 Å². The van der Waals surface area contributed by atoms with Crippen LogP contribution in [0.4, 0.5) is 5.69 Å². The van der Waals surface area contributed by atoms with Crippen LogP contribution in [-0.2, 0) is 6.42 Å². The van der Waals surface area contributed by atoms with E-state index in [1.165, 1.54) is 17.7 Å². The maximum Gasteiger partial charge on any atom is 0.269 e. The molecule has 0 bridgehead atoms. The van der Waals surface area contributed by atoms with Gasteiger partial charge in [0.1, 0.15) is 5.75 Å². The molecule has 4 nitrogen and oxygen atoms in total. The molecule has 2 rings (SSSR count). The fraction of sp³-hybridized carbons (Fsp3) is 0.294. The quantitative estimate of drug-likeness (QED) is 0.586. The van der Waals surface area contributed by atoms with E-state index in [2.05, 4.69) is 26.0 Å². The fourth-order valence-electron chi connectivity index (χ4n) is 2.02. The van der Waals surface area contributed by atoms with Crippen LogP contribution in [-0.4, -0.2) is 11.5 Å². The van der Waals surface area contributed by atoms with E-state index in [1.807, 2.05) is 12.1 Å². The number of benzene rings is 2. The van der Waals surface area contributed by atoms with Gasteiger partial charge in [-0.1, -0.05) is 38.1 Å². The van der Waals surface area contributed by atoms with Crippen LogP contribution in [0.25, 0.3) is 0 Å². The van der Waals surface area contributed by atoms with Gasteiger partial charge >= 0.3 is 0 Å². The number of rotatable bonds is 6. The number of nitro benzene ring substituents is 1. The van der Waals surface area contributed by atoms with Gasteiger partial charge in [-0.15, -0.1) is 0 Å². The molecule has 0 atom stereocenters. The largest absolute Gasteiger partial charge is 0.493 e. The molecule has 0 amide bonds. The number of hydrogen-bond acceptors (Lipinski definition) is 3. The highest BCUT2D eigenvalue weighted by Gasteiger charge is 2.04. The molecule has 4 heteroatoms. The van der Waals surface area contributed by atoms with Crippen molar-refractivity contribution in [3.8, 4) is 5.75 Å². The van der Waals surface area contributed by atoms with Crippen molar-refractivity contribution in [2.24, 2.45) is 0 Å². The Kier molecular flexibility index (Phi) is 4.93. The van der Waals surface area contributed by atoms with E-state index in [0.29, 0.717) is 12.5 Å². The molecule has 0 spiro atoms. The van der Waals surface area contributed by atoms with Gasteiger partial charge in [0.05, 0.1) is 11.5 Å². The van der Waals surface area contributed by atoms with E-state index in [-0.39, 0.29) is 5.69 Å². The van der Waals surface area contributed by atoms with Crippen LogP contribution in [0.15, 0.2) is 48.5 Å². The van der Waals surface area contributed by atoms with E-state index in [1.54, 1.807) is 12.1 Å². The lowest BCUT2D eigenvalue weighted by Gasteiger charge is -2.09. The van der Waals surface area contributed by atoms with Crippen LogP contribution in [0.2, 0.25) is 0 Å². The fourth-order valence-corrected chi connectivity index (χ4v) is 2.02. The van der Waals surface area contributed by atoms with Crippen molar-refractivity contribution >= 4 is 5.69 Å². The molecule has 0 N–H and O–H groups in total. The first-order valence-corrected chi connectivity index (χ1v) is 7.02. The molecule has 0 aliphatic heterocycles. The Balaban J connectivity index is 1.85.